The van der Waals surface area contributed by atoms with E-state index < -0.39 is 41.2 Å². The van der Waals surface area contributed by atoms with E-state index in [0.29, 0.717) is 66.5 Å². The zero-order valence-corrected chi connectivity index (χ0v) is 36.1. The van der Waals surface area contributed by atoms with E-state index in [1.807, 2.05) is 67.6 Å². The van der Waals surface area contributed by atoms with Crippen molar-refractivity contribution >= 4 is 54.7 Å². The highest BCUT2D eigenvalue weighted by Crippen LogP contribution is 2.38. The Hall–Kier alpha value is -4.19. The van der Waals surface area contributed by atoms with Gasteiger partial charge >= 0.3 is 5.51 Å². The van der Waals surface area contributed by atoms with Crippen molar-refractivity contribution in [3.8, 4) is 11.1 Å². The molecule has 0 bridgehead atoms. The van der Waals surface area contributed by atoms with Crippen LogP contribution in [0.25, 0.3) is 11.1 Å². The van der Waals surface area contributed by atoms with Gasteiger partial charge in [0.2, 0.25) is 0 Å². The second-order valence-corrected chi connectivity index (χ2v) is 20.1. The molecule has 1 aromatic heterocycles. The monoisotopic (exact) mass is 898 g/mol. The Bertz CT molecular complexity index is 2490. The number of hydrogen-bond acceptors (Lipinski definition) is 10. The highest BCUT2D eigenvalue weighted by Gasteiger charge is 2.48. The van der Waals surface area contributed by atoms with Gasteiger partial charge in [-0.2, -0.15) is 13.2 Å². The lowest BCUT2D eigenvalue weighted by atomic mass is 9.96. The number of likely N-dealkylation sites (tertiary alicyclic amines) is 1. The fourth-order valence-electron chi connectivity index (χ4n) is 7.83. The molecule has 2 aliphatic rings. The third-order valence-corrected chi connectivity index (χ3v) is 15.2. The van der Waals surface area contributed by atoms with E-state index in [9.17, 15) is 30.0 Å². The summed E-state index contributed by atoms with van der Waals surface area (Å²) in [5, 5.41) is 3.67. The van der Waals surface area contributed by atoms with Crippen molar-refractivity contribution in [3.05, 3.63) is 125 Å². The third-order valence-electron chi connectivity index (χ3n) is 11.0. The average Bonchev–Trinajstić information content (AvgIpc) is 3.23. The SMILES string of the molecule is CCC[C@H](CSc1ccccc1)Nc1ccc(S(=O)(=O)Nc2ncnc3c2CCN(C2CCN(Cc4ccccc4-c4ccc(Cl)cc4)CC2)C3)cc1S(=O)(=O)C(F)(F)F. The number of benzene rings is 4. The highest BCUT2D eigenvalue weighted by molar-refractivity contribution is 7.99. The van der Waals surface area contributed by atoms with Gasteiger partial charge in [-0.25, -0.2) is 26.8 Å². The van der Waals surface area contributed by atoms with Crippen molar-refractivity contribution in [1.29, 1.82) is 0 Å². The van der Waals surface area contributed by atoms with Gasteiger partial charge < -0.3 is 5.32 Å². The summed E-state index contributed by atoms with van der Waals surface area (Å²) in [4.78, 5) is 12.6. The van der Waals surface area contributed by atoms with Crippen LogP contribution in [0.5, 0.6) is 0 Å². The van der Waals surface area contributed by atoms with Gasteiger partial charge in [0.25, 0.3) is 19.9 Å². The fourth-order valence-corrected chi connectivity index (χ4v) is 11.0. The van der Waals surface area contributed by atoms with Crippen LogP contribution < -0.4 is 10.0 Å². The topological polar surface area (TPSA) is 125 Å². The minimum absolute atomic E-state index is 0.0113. The number of alkyl halides is 3. The van der Waals surface area contributed by atoms with E-state index in [0.717, 1.165) is 55.1 Å². The molecule has 0 amide bonds. The number of thioether (sulfide) groups is 1. The maximum atomic E-state index is 14.1. The van der Waals surface area contributed by atoms with Crippen LogP contribution in [0.3, 0.4) is 0 Å². The van der Waals surface area contributed by atoms with Crippen molar-refractivity contribution in [2.45, 2.75) is 84.4 Å². The maximum absolute atomic E-state index is 14.1. The molecule has 318 valence electrons. The lowest BCUT2D eigenvalue weighted by Crippen LogP contribution is -2.46. The van der Waals surface area contributed by atoms with Gasteiger partial charge in [-0.1, -0.05) is 79.5 Å². The summed E-state index contributed by atoms with van der Waals surface area (Å²) in [6.45, 7) is 5.66. The predicted molar refractivity (Wildman–Crippen MR) is 231 cm³/mol. The molecule has 1 fully saturated rings. The number of aromatic nitrogens is 2. The van der Waals surface area contributed by atoms with E-state index in [1.165, 1.54) is 29.2 Å². The van der Waals surface area contributed by atoms with Crippen molar-refractivity contribution in [3.63, 3.8) is 0 Å². The van der Waals surface area contributed by atoms with Crippen LogP contribution in [-0.4, -0.2) is 79.6 Å². The van der Waals surface area contributed by atoms with E-state index in [2.05, 4.69) is 48.0 Å². The van der Waals surface area contributed by atoms with Crippen LogP contribution in [-0.2, 0) is 39.4 Å². The molecule has 0 radical (unpaired) electrons. The Kier molecular flexibility index (Phi) is 13.8. The van der Waals surface area contributed by atoms with E-state index >= 15 is 0 Å². The Labute approximate surface area is 358 Å². The van der Waals surface area contributed by atoms with Crippen LogP contribution in [0.2, 0.25) is 5.02 Å². The molecule has 10 nitrogen and oxygen atoms in total. The van der Waals surface area contributed by atoms with Crippen molar-refractivity contribution < 1.29 is 30.0 Å². The van der Waals surface area contributed by atoms with E-state index in [4.69, 9.17) is 11.6 Å². The Morgan fingerprint density at radius 2 is 1.62 bits per heavy atom. The number of hydrogen-bond donors (Lipinski definition) is 2. The third kappa shape index (κ3) is 10.3. The molecule has 4 aromatic carbocycles. The molecule has 0 saturated carbocycles. The Morgan fingerprint density at radius 1 is 0.900 bits per heavy atom. The smallest absolute Gasteiger partial charge is 0.380 e. The number of sulfonamides is 1. The molecular weight excluding hydrogens is 853 g/mol. The number of rotatable bonds is 15. The van der Waals surface area contributed by atoms with Crippen LogP contribution in [0.15, 0.2) is 118 Å². The van der Waals surface area contributed by atoms with Gasteiger partial charge in [-0.3, -0.25) is 14.5 Å². The van der Waals surface area contributed by atoms with Crippen molar-refractivity contribution in [2.75, 3.05) is 35.4 Å². The van der Waals surface area contributed by atoms with Gasteiger partial charge in [0.15, 0.2) is 0 Å². The van der Waals surface area contributed by atoms with Crippen molar-refractivity contribution in [2.24, 2.45) is 0 Å². The van der Waals surface area contributed by atoms with Crippen molar-refractivity contribution in [1.82, 2.24) is 19.8 Å². The number of nitrogens with zero attached hydrogens (tertiary/aromatic N) is 4. The zero-order valence-electron chi connectivity index (χ0n) is 32.9. The average molecular weight is 900 g/mol. The number of fused-ring (bicyclic) bond motifs is 1. The quantitative estimate of drug-likeness (QED) is 0.0984. The Balaban J connectivity index is 1.03. The largest absolute Gasteiger partial charge is 0.501 e. The molecule has 0 aliphatic carbocycles. The van der Waals surface area contributed by atoms with Crippen LogP contribution in [0.4, 0.5) is 24.7 Å². The molecule has 5 aromatic rings. The summed E-state index contributed by atoms with van der Waals surface area (Å²) >= 11 is 7.61. The molecule has 3 heterocycles. The molecular formula is C43H46ClF3N6O4S3. The predicted octanol–water partition coefficient (Wildman–Crippen LogP) is 9.29. The molecule has 1 saturated heterocycles. The second kappa shape index (κ2) is 18.8. The van der Waals surface area contributed by atoms with Gasteiger partial charge in [-0.15, -0.1) is 11.8 Å². The number of halogens is 4. The standard InChI is InChI=1S/C43H46ClF3N6O4S3/c1-2-8-33(28-58-35-10-4-3-5-11-35)50-39-18-17-36(25-41(39)59(54,55)43(45,46)47)60(56,57)51-42-38-21-24-53(27-40(38)48-29-49-42)34-19-22-52(23-20-34)26-31-9-6-7-12-37(31)30-13-15-32(44)16-14-30/h3-7,9-18,25,29,33-34,50H,2,8,19-24,26-28H2,1H3,(H,48,49,51)/t33-/m1/s1. The van der Waals surface area contributed by atoms with Crippen LogP contribution in [0.1, 0.15) is 49.4 Å². The van der Waals surface area contributed by atoms with Crippen LogP contribution >= 0.6 is 23.4 Å². The van der Waals surface area contributed by atoms with Gasteiger partial charge in [0, 0.05) is 53.0 Å². The molecule has 60 heavy (non-hydrogen) atoms. The first-order valence-electron chi connectivity index (χ1n) is 19.8. The first-order valence-corrected chi connectivity index (χ1v) is 24.1. The minimum Gasteiger partial charge on any atom is -0.380 e. The number of piperidine rings is 1. The summed E-state index contributed by atoms with van der Waals surface area (Å²) in [7, 11) is -10.6. The fraction of sp³-hybridized carbons (Fsp3) is 0.349. The van der Waals surface area contributed by atoms with Crippen LogP contribution in [0, 0.1) is 0 Å². The lowest BCUT2D eigenvalue weighted by molar-refractivity contribution is -0.0435. The Morgan fingerprint density at radius 3 is 2.33 bits per heavy atom. The number of nitrogens with one attached hydrogen (secondary N) is 2. The maximum Gasteiger partial charge on any atom is 0.501 e. The molecule has 2 aliphatic heterocycles. The first kappa shape index (κ1) is 43.9. The van der Waals surface area contributed by atoms with E-state index in [1.54, 1.807) is 0 Å². The first-order chi connectivity index (χ1) is 28.7. The lowest BCUT2D eigenvalue weighted by Gasteiger charge is -2.40. The van der Waals surface area contributed by atoms with E-state index in [-0.39, 0.29) is 11.5 Å². The normalized spacial score (nSPS) is 16.3. The summed E-state index contributed by atoms with van der Waals surface area (Å²) in [6, 6.07) is 28.3. The summed E-state index contributed by atoms with van der Waals surface area (Å²) in [6.07, 6.45) is 4.80. The molecule has 0 spiro atoms. The molecule has 1 atom stereocenters. The van der Waals surface area contributed by atoms with Gasteiger partial charge in [0.1, 0.15) is 17.0 Å². The summed E-state index contributed by atoms with van der Waals surface area (Å²) in [5.41, 5.74) is -1.20. The molecule has 7 rings (SSSR count). The highest BCUT2D eigenvalue weighted by atomic mass is 35.5. The number of sulfone groups is 1. The second-order valence-electron chi connectivity index (χ2n) is 15.0. The minimum atomic E-state index is -5.96. The summed E-state index contributed by atoms with van der Waals surface area (Å²) < 4.78 is 98.1. The number of anilines is 2. The zero-order chi connectivity index (χ0) is 42.5. The summed E-state index contributed by atoms with van der Waals surface area (Å²) in [5.74, 6) is 0.443. The van der Waals surface area contributed by atoms with Gasteiger partial charge in [0.05, 0.1) is 16.3 Å². The molecule has 2 N–H and O–H groups in total. The molecule has 17 heteroatoms. The van der Waals surface area contributed by atoms with Gasteiger partial charge in [-0.05, 0) is 97.9 Å². The molecule has 0 unspecified atom stereocenters.